The molecule has 0 radical (unpaired) electrons. The standard InChI is InChI=1S/C12H15N3OS/c1-9(16)17-12-2-3-13-7-10(12)6-11-8-14-4-5-15-11/h4-6,8,12-13H,2-3,7H2,1H3/b10-6+. The normalized spacial score (nSPS) is 22.6. The van der Waals surface area contributed by atoms with E-state index in [2.05, 4.69) is 15.3 Å². The molecule has 17 heavy (non-hydrogen) atoms. The Kier molecular flexibility index (Phi) is 4.28. The van der Waals surface area contributed by atoms with Crippen molar-refractivity contribution in [3.8, 4) is 0 Å². The zero-order chi connectivity index (χ0) is 12.1. The van der Waals surface area contributed by atoms with E-state index < -0.39 is 0 Å². The monoisotopic (exact) mass is 249 g/mol. The third-order valence-corrected chi connectivity index (χ3v) is 3.71. The highest BCUT2D eigenvalue weighted by Gasteiger charge is 2.20. The van der Waals surface area contributed by atoms with E-state index in [0.717, 1.165) is 25.2 Å². The summed E-state index contributed by atoms with van der Waals surface area (Å²) in [6, 6.07) is 0. The molecule has 1 unspecified atom stereocenters. The van der Waals surface area contributed by atoms with E-state index >= 15 is 0 Å². The van der Waals surface area contributed by atoms with E-state index in [1.165, 1.54) is 17.3 Å². The quantitative estimate of drug-likeness (QED) is 0.861. The lowest BCUT2D eigenvalue weighted by Crippen LogP contribution is -2.32. The van der Waals surface area contributed by atoms with Gasteiger partial charge in [0.2, 0.25) is 0 Å². The minimum atomic E-state index is 0.168. The first-order chi connectivity index (χ1) is 8.25. The van der Waals surface area contributed by atoms with Gasteiger partial charge in [0.15, 0.2) is 5.12 Å². The number of nitrogens with zero attached hydrogens (tertiary/aromatic N) is 2. The van der Waals surface area contributed by atoms with Crippen molar-refractivity contribution >= 4 is 23.0 Å². The molecule has 90 valence electrons. The van der Waals surface area contributed by atoms with Gasteiger partial charge in [-0.1, -0.05) is 11.8 Å². The van der Waals surface area contributed by atoms with Crippen molar-refractivity contribution in [2.75, 3.05) is 13.1 Å². The highest BCUT2D eigenvalue weighted by molar-refractivity contribution is 8.14. The lowest BCUT2D eigenvalue weighted by molar-refractivity contribution is -0.109. The van der Waals surface area contributed by atoms with Crippen LogP contribution >= 0.6 is 11.8 Å². The van der Waals surface area contributed by atoms with Gasteiger partial charge in [-0.25, -0.2) is 0 Å². The Morgan fingerprint density at radius 1 is 1.59 bits per heavy atom. The third kappa shape index (κ3) is 3.64. The number of aromatic nitrogens is 2. The highest BCUT2D eigenvalue weighted by Crippen LogP contribution is 2.26. The molecular formula is C12H15N3OS. The minimum Gasteiger partial charge on any atom is -0.313 e. The van der Waals surface area contributed by atoms with E-state index in [1.54, 1.807) is 25.5 Å². The van der Waals surface area contributed by atoms with Crippen molar-refractivity contribution < 1.29 is 4.79 Å². The van der Waals surface area contributed by atoms with Gasteiger partial charge in [-0.2, -0.15) is 0 Å². The van der Waals surface area contributed by atoms with Crippen molar-refractivity contribution in [2.24, 2.45) is 0 Å². The van der Waals surface area contributed by atoms with Gasteiger partial charge in [-0.05, 0) is 24.6 Å². The second-order valence-corrected chi connectivity index (χ2v) is 5.29. The number of carbonyl (C=O) groups is 1. The second kappa shape index (κ2) is 5.93. The Morgan fingerprint density at radius 2 is 2.47 bits per heavy atom. The molecule has 0 saturated carbocycles. The lowest BCUT2D eigenvalue weighted by Gasteiger charge is -2.24. The van der Waals surface area contributed by atoms with E-state index in [9.17, 15) is 4.79 Å². The first-order valence-electron chi connectivity index (χ1n) is 5.60. The molecule has 1 atom stereocenters. The van der Waals surface area contributed by atoms with Crippen LogP contribution < -0.4 is 5.32 Å². The van der Waals surface area contributed by atoms with Gasteiger partial charge in [-0.3, -0.25) is 14.8 Å². The number of rotatable bonds is 2. The number of thioether (sulfide) groups is 1. The SMILES string of the molecule is CC(=O)SC1CCNC/C1=C\c1cnccn1. The summed E-state index contributed by atoms with van der Waals surface area (Å²) in [6.07, 6.45) is 8.08. The van der Waals surface area contributed by atoms with E-state index in [4.69, 9.17) is 0 Å². The van der Waals surface area contributed by atoms with Crippen molar-refractivity contribution in [2.45, 2.75) is 18.6 Å². The zero-order valence-corrected chi connectivity index (χ0v) is 10.5. The molecule has 0 aromatic carbocycles. The predicted molar refractivity (Wildman–Crippen MR) is 69.6 cm³/mol. The Hall–Kier alpha value is -1.20. The van der Waals surface area contributed by atoms with Crippen molar-refractivity contribution in [1.29, 1.82) is 0 Å². The molecule has 0 aliphatic carbocycles. The Labute approximate surface area is 105 Å². The molecule has 4 nitrogen and oxygen atoms in total. The fourth-order valence-electron chi connectivity index (χ4n) is 1.82. The number of hydrogen-bond acceptors (Lipinski definition) is 5. The molecule has 1 aromatic heterocycles. The number of hydrogen-bond donors (Lipinski definition) is 1. The lowest BCUT2D eigenvalue weighted by atomic mass is 10.0. The predicted octanol–water partition coefficient (Wildman–Crippen LogP) is 1.50. The van der Waals surface area contributed by atoms with Gasteiger partial charge < -0.3 is 5.32 Å². The van der Waals surface area contributed by atoms with Gasteiger partial charge in [-0.15, -0.1) is 0 Å². The van der Waals surface area contributed by atoms with Crippen LogP contribution in [0.2, 0.25) is 0 Å². The van der Waals surface area contributed by atoms with Crippen LogP contribution in [0.1, 0.15) is 19.0 Å². The summed E-state index contributed by atoms with van der Waals surface area (Å²) >= 11 is 1.41. The van der Waals surface area contributed by atoms with Crippen LogP contribution in [0.5, 0.6) is 0 Å². The number of nitrogens with one attached hydrogen (secondary N) is 1. The fraction of sp³-hybridized carbons (Fsp3) is 0.417. The Bertz CT molecular complexity index is 419. The zero-order valence-electron chi connectivity index (χ0n) is 9.72. The molecule has 1 aromatic rings. The summed E-state index contributed by atoms with van der Waals surface area (Å²) in [4.78, 5) is 19.5. The summed E-state index contributed by atoms with van der Waals surface area (Å²) in [5.41, 5.74) is 2.07. The van der Waals surface area contributed by atoms with Crippen molar-refractivity contribution in [3.63, 3.8) is 0 Å². The molecule has 1 N–H and O–H groups in total. The molecule has 2 heterocycles. The highest BCUT2D eigenvalue weighted by atomic mass is 32.2. The number of carbonyl (C=O) groups excluding carboxylic acids is 1. The smallest absolute Gasteiger partial charge is 0.186 e. The second-order valence-electron chi connectivity index (χ2n) is 3.91. The average Bonchev–Trinajstić information content (AvgIpc) is 2.32. The Balaban J connectivity index is 2.16. The molecule has 0 spiro atoms. The summed E-state index contributed by atoms with van der Waals surface area (Å²) in [6.45, 7) is 3.40. The largest absolute Gasteiger partial charge is 0.313 e. The van der Waals surface area contributed by atoms with Crippen molar-refractivity contribution in [3.05, 3.63) is 29.9 Å². The molecule has 5 heteroatoms. The van der Waals surface area contributed by atoms with E-state index in [0.29, 0.717) is 0 Å². The third-order valence-electron chi connectivity index (χ3n) is 2.55. The maximum Gasteiger partial charge on any atom is 0.186 e. The first-order valence-corrected chi connectivity index (χ1v) is 6.48. The van der Waals surface area contributed by atoms with Crippen LogP contribution in [0.4, 0.5) is 0 Å². The molecule has 1 aliphatic rings. The van der Waals surface area contributed by atoms with Gasteiger partial charge in [0.05, 0.1) is 11.9 Å². The van der Waals surface area contributed by atoms with Crippen LogP contribution in [0, 0.1) is 0 Å². The molecule has 2 rings (SSSR count). The van der Waals surface area contributed by atoms with Gasteiger partial charge in [0.1, 0.15) is 0 Å². The maximum absolute atomic E-state index is 11.2. The van der Waals surface area contributed by atoms with E-state index in [1.807, 2.05) is 6.08 Å². The summed E-state index contributed by atoms with van der Waals surface area (Å²) < 4.78 is 0. The molecule has 1 saturated heterocycles. The van der Waals surface area contributed by atoms with Crippen molar-refractivity contribution in [1.82, 2.24) is 15.3 Å². The average molecular weight is 249 g/mol. The molecule has 1 fully saturated rings. The molecular weight excluding hydrogens is 234 g/mol. The van der Waals surface area contributed by atoms with Gasteiger partial charge in [0.25, 0.3) is 0 Å². The summed E-state index contributed by atoms with van der Waals surface area (Å²) in [7, 11) is 0. The van der Waals surface area contributed by atoms with Crippen LogP contribution in [-0.4, -0.2) is 33.4 Å². The summed E-state index contributed by atoms with van der Waals surface area (Å²) in [5, 5.41) is 3.76. The van der Waals surface area contributed by atoms with Gasteiger partial charge in [0, 0.05) is 31.1 Å². The van der Waals surface area contributed by atoms with Gasteiger partial charge >= 0.3 is 0 Å². The van der Waals surface area contributed by atoms with Crippen LogP contribution in [0.15, 0.2) is 24.2 Å². The summed E-state index contributed by atoms with van der Waals surface area (Å²) in [5.74, 6) is 0. The minimum absolute atomic E-state index is 0.168. The fourth-order valence-corrected chi connectivity index (χ4v) is 2.76. The van der Waals surface area contributed by atoms with E-state index in [-0.39, 0.29) is 10.4 Å². The molecule has 0 bridgehead atoms. The van der Waals surface area contributed by atoms with Crippen LogP contribution in [0.3, 0.4) is 0 Å². The van der Waals surface area contributed by atoms with Crippen LogP contribution in [0.25, 0.3) is 6.08 Å². The molecule has 1 aliphatic heterocycles. The molecule has 0 amide bonds. The first kappa shape index (κ1) is 12.3. The number of piperidine rings is 1. The maximum atomic E-state index is 11.2. The Morgan fingerprint density at radius 3 is 3.18 bits per heavy atom. The topological polar surface area (TPSA) is 54.9 Å². The van der Waals surface area contributed by atoms with Crippen LogP contribution in [-0.2, 0) is 4.79 Å².